The van der Waals surface area contributed by atoms with Crippen LogP contribution in [0, 0.1) is 5.41 Å². The number of hydrogen-bond donors (Lipinski definition) is 2. The maximum Gasteiger partial charge on any atom is 0.261 e. The Labute approximate surface area is 175 Å². The first kappa shape index (κ1) is 20.2. The van der Waals surface area contributed by atoms with Crippen molar-refractivity contribution in [2.24, 2.45) is 5.41 Å². The Kier molecular flexibility index (Phi) is 5.37. The number of pyridine rings is 1. The molecule has 2 amide bonds. The molecule has 2 N–H and O–H groups in total. The highest BCUT2D eigenvalue weighted by Crippen LogP contribution is 2.54. The molecule has 1 atom stereocenters. The number of nitrogens with zero attached hydrogens (tertiary/aromatic N) is 1. The number of benzene rings is 1. The minimum Gasteiger partial charge on any atom is -0.497 e. The normalized spacial score (nSPS) is 19.4. The van der Waals surface area contributed by atoms with Crippen LogP contribution in [0.4, 0.5) is 0 Å². The minimum absolute atomic E-state index is 0.0737. The Morgan fingerprint density at radius 2 is 1.87 bits per heavy atom. The maximum atomic E-state index is 12.7. The predicted molar refractivity (Wildman–Crippen MR) is 113 cm³/mol. The first-order valence-electron chi connectivity index (χ1n) is 10.4. The van der Waals surface area contributed by atoms with Gasteiger partial charge in [0.15, 0.2) is 0 Å². The smallest absolute Gasteiger partial charge is 0.261 e. The van der Waals surface area contributed by atoms with Crippen LogP contribution in [0.25, 0.3) is 11.3 Å². The van der Waals surface area contributed by atoms with Gasteiger partial charge in [-0.25, -0.2) is 0 Å². The Hall–Kier alpha value is -3.09. The molecule has 4 rings (SSSR count). The zero-order valence-corrected chi connectivity index (χ0v) is 17.4. The van der Waals surface area contributed by atoms with Crippen molar-refractivity contribution >= 4 is 11.8 Å². The number of methoxy groups -OCH3 is 1. The lowest BCUT2D eigenvalue weighted by molar-refractivity contribution is -0.132. The van der Waals surface area contributed by atoms with Gasteiger partial charge in [0.05, 0.1) is 7.11 Å². The van der Waals surface area contributed by atoms with Gasteiger partial charge < -0.3 is 19.9 Å². The molecule has 2 heterocycles. The third-order valence-corrected chi connectivity index (χ3v) is 6.46. The summed E-state index contributed by atoms with van der Waals surface area (Å²) in [5.74, 6) is 0.585. The van der Waals surface area contributed by atoms with Crippen LogP contribution in [-0.2, 0) is 4.79 Å². The van der Waals surface area contributed by atoms with E-state index in [0.717, 1.165) is 43.7 Å². The summed E-state index contributed by atoms with van der Waals surface area (Å²) < 4.78 is 5.15. The van der Waals surface area contributed by atoms with Gasteiger partial charge in [-0.05, 0) is 66.6 Å². The van der Waals surface area contributed by atoms with Crippen molar-refractivity contribution in [3.05, 3.63) is 52.3 Å². The standard InChI is InChI=1S/C23H27N3O4/c1-3-20(27)26-12-10-23(11-13-26)14-19(23)25-22(29)17-8-9-18(24-21(17)28)15-4-6-16(30-2)7-5-15/h4-9,19H,3,10-14H2,1-2H3,(H,24,28)(H,25,29). The average Bonchev–Trinajstić information content (AvgIpc) is 3.43. The molecular weight excluding hydrogens is 382 g/mol. The molecule has 2 fully saturated rings. The minimum atomic E-state index is -0.404. The lowest BCUT2D eigenvalue weighted by Gasteiger charge is -2.32. The summed E-state index contributed by atoms with van der Waals surface area (Å²) in [4.78, 5) is 41.8. The van der Waals surface area contributed by atoms with E-state index in [1.165, 1.54) is 0 Å². The molecule has 1 unspecified atom stereocenters. The molecule has 2 aliphatic rings. The first-order valence-corrected chi connectivity index (χ1v) is 10.4. The third kappa shape index (κ3) is 3.84. The number of carbonyl (C=O) groups is 2. The number of likely N-dealkylation sites (tertiary alicyclic amines) is 1. The molecule has 1 saturated heterocycles. The van der Waals surface area contributed by atoms with Crippen molar-refractivity contribution in [3.63, 3.8) is 0 Å². The van der Waals surface area contributed by atoms with Gasteiger partial charge in [0, 0.05) is 31.2 Å². The molecule has 2 aromatic rings. The number of H-pyrrole nitrogens is 1. The van der Waals surface area contributed by atoms with Crippen LogP contribution in [0.5, 0.6) is 5.75 Å². The lowest BCUT2D eigenvalue weighted by atomic mass is 9.92. The van der Waals surface area contributed by atoms with E-state index in [9.17, 15) is 14.4 Å². The van der Waals surface area contributed by atoms with E-state index >= 15 is 0 Å². The molecule has 1 saturated carbocycles. The fraction of sp³-hybridized carbons (Fsp3) is 0.435. The van der Waals surface area contributed by atoms with Crippen LogP contribution in [0.3, 0.4) is 0 Å². The predicted octanol–water partition coefficient (Wildman–Crippen LogP) is 2.57. The van der Waals surface area contributed by atoms with Crippen molar-refractivity contribution in [3.8, 4) is 17.0 Å². The van der Waals surface area contributed by atoms with Gasteiger partial charge in [0.2, 0.25) is 5.91 Å². The molecule has 7 nitrogen and oxygen atoms in total. The van der Waals surface area contributed by atoms with Crippen LogP contribution in [0.1, 0.15) is 43.0 Å². The Morgan fingerprint density at radius 1 is 1.17 bits per heavy atom. The van der Waals surface area contributed by atoms with Crippen molar-refractivity contribution in [1.82, 2.24) is 15.2 Å². The largest absolute Gasteiger partial charge is 0.497 e. The van der Waals surface area contributed by atoms with Gasteiger partial charge in [-0.15, -0.1) is 0 Å². The van der Waals surface area contributed by atoms with Crippen LogP contribution in [0.2, 0.25) is 0 Å². The number of aromatic nitrogens is 1. The van der Waals surface area contributed by atoms with E-state index < -0.39 is 5.56 Å². The van der Waals surface area contributed by atoms with E-state index in [0.29, 0.717) is 12.1 Å². The van der Waals surface area contributed by atoms with Crippen molar-refractivity contribution < 1.29 is 14.3 Å². The van der Waals surface area contributed by atoms with Gasteiger partial charge >= 0.3 is 0 Å². The van der Waals surface area contributed by atoms with Crippen molar-refractivity contribution in [2.45, 2.75) is 38.6 Å². The summed E-state index contributed by atoms with van der Waals surface area (Å²) >= 11 is 0. The first-order chi connectivity index (χ1) is 14.5. The number of rotatable bonds is 5. The number of piperidine rings is 1. The van der Waals surface area contributed by atoms with Gasteiger partial charge in [-0.3, -0.25) is 14.4 Å². The summed E-state index contributed by atoms with van der Waals surface area (Å²) in [5.41, 5.74) is 1.28. The van der Waals surface area contributed by atoms with Gasteiger partial charge in [-0.2, -0.15) is 0 Å². The molecular formula is C23H27N3O4. The second kappa shape index (κ2) is 7.97. The Balaban J connectivity index is 1.39. The zero-order valence-electron chi connectivity index (χ0n) is 17.4. The molecule has 7 heteroatoms. The van der Waals surface area contributed by atoms with Gasteiger partial charge in [-0.1, -0.05) is 6.92 Å². The molecule has 1 spiro atoms. The van der Waals surface area contributed by atoms with Crippen molar-refractivity contribution in [1.29, 1.82) is 0 Å². The second-order valence-corrected chi connectivity index (χ2v) is 8.17. The topological polar surface area (TPSA) is 91.5 Å². The molecule has 1 aliphatic heterocycles. The molecule has 1 aliphatic carbocycles. The fourth-order valence-electron chi connectivity index (χ4n) is 4.36. The van der Waals surface area contributed by atoms with E-state index in [1.54, 1.807) is 19.2 Å². The van der Waals surface area contributed by atoms with E-state index in [-0.39, 0.29) is 28.8 Å². The number of nitrogens with one attached hydrogen (secondary N) is 2. The number of hydrogen-bond acceptors (Lipinski definition) is 4. The maximum absolute atomic E-state index is 12.7. The summed E-state index contributed by atoms with van der Waals surface area (Å²) in [6.45, 7) is 3.37. The van der Waals surface area contributed by atoms with E-state index in [2.05, 4.69) is 10.3 Å². The molecule has 0 radical (unpaired) electrons. The van der Waals surface area contributed by atoms with Gasteiger partial charge in [0.25, 0.3) is 11.5 Å². The monoisotopic (exact) mass is 409 g/mol. The molecule has 158 valence electrons. The number of amides is 2. The summed E-state index contributed by atoms with van der Waals surface area (Å²) in [6.07, 6.45) is 3.24. The lowest BCUT2D eigenvalue weighted by Crippen LogP contribution is -2.41. The highest BCUT2D eigenvalue weighted by molar-refractivity contribution is 5.94. The van der Waals surface area contributed by atoms with Gasteiger partial charge in [0.1, 0.15) is 11.3 Å². The molecule has 1 aromatic carbocycles. The SMILES string of the molecule is CCC(=O)N1CCC2(CC1)CC2NC(=O)c1ccc(-c2ccc(OC)cc2)[nH]c1=O. The van der Waals surface area contributed by atoms with Crippen LogP contribution in [0.15, 0.2) is 41.2 Å². The molecule has 0 bridgehead atoms. The summed E-state index contributed by atoms with van der Waals surface area (Å²) in [5, 5.41) is 3.02. The Morgan fingerprint density at radius 3 is 2.47 bits per heavy atom. The van der Waals surface area contributed by atoms with Crippen molar-refractivity contribution in [2.75, 3.05) is 20.2 Å². The average molecular weight is 409 g/mol. The van der Waals surface area contributed by atoms with Crippen LogP contribution in [-0.4, -0.2) is 47.9 Å². The van der Waals surface area contributed by atoms with Crippen LogP contribution >= 0.6 is 0 Å². The zero-order chi connectivity index (χ0) is 21.3. The number of aromatic amines is 1. The van der Waals surface area contributed by atoms with E-state index in [4.69, 9.17) is 4.74 Å². The molecule has 1 aromatic heterocycles. The quantitative estimate of drug-likeness (QED) is 0.794. The molecule has 30 heavy (non-hydrogen) atoms. The fourth-order valence-corrected chi connectivity index (χ4v) is 4.36. The third-order valence-electron chi connectivity index (χ3n) is 6.46. The summed E-state index contributed by atoms with van der Waals surface area (Å²) in [7, 11) is 1.60. The Bertz CT molecular complexity index is 1000. The second-order valence-electron chi connectivity index (χ2n) is 8.17. The number of ether oxygens (including phenoxy) is 1. The van der Waals surface area contributed by atoms with E-state index in [1.807, 2.05) is 36.1 Å². The summed E-state index contributed by atoms with van der Waals surface area (Å²) in [6, 6.07) is 10.7. The number of carbonyl (C=O) groups excluding carboxylic acids is 2. The van der Waals surface area contributed by atoms with Crippen LogP contribution < -0.4 is 15.6 Å². The highest BCUT2D eigenvalue weighted by Gasteiger charge is 2.55. The highest BCUT2D eigenvalue weighted by atomic mass is 16.5.